The summed E-state index contributed by atoms with van der Waals surface area (Å²) in [6, 6.07) is 3.90. The minimum Gasteiger partial charge on any atom is -0.478 e. The number of nitrogens with zero attached hydrogens (tertiary/aromatic N) is 3. The van der Waals surface area contributed by atoms with Crippen molar-refractivity contribution in [1.82, 2.24) is 15.2 Å². The molecule has 0 spiro atoms. The maximum atomic E-state index is 11.4. The molecule has 0 radical (unpaired) electrons. The number of carboxylic acids is 1. The number of anilines is 1. The second-order valence-corrected chi connectivity index (χ2v) is 4.76. The average Bonchev–Trinajstić information content (AvgIpc) is 2.48. The fourth-order valence-electron chi connectivity index (χ4n) is 2.11. The molecule has 2 rings (SSSR count). The molecule has 0 aliphatic carbocycles. The zero-order valence-corrected chi connectivity index (χ0v) is 12.3. The summed E-state index contributed by atoms with van der Waals surface area (Å²) in [5.74, 6) is -0.733. The standard InChI is InChI=1S/C15H18N4O2/c1-4-11-6-5-7-16-12(11)8-17-14-13(15(20)21)9(2)10(3)18-19-14/h5-7H,4,8H2,1-3H3,(H,17,19)(H,20,21). The molecule has 21 heavy (non-hydrogen) atoms. The molecule has 2 aromatic rings. The van der Waals surface area contributed by atoms with Crippen LogP contribution >= 0.6 is 0 Å². The monoisotopic (exact) mass is 286 g/mol. The van der Waals surface area contributed by atoms with Gasteiger partial charge in [-0.05, 0) is 37.5 Å². The molecular weight excluding hydrogens is 268 g/mol. The highest BCUT2D eigenvalue weighted by Gasteiger charge is 2.17. The Hall–Kier alpha value is -2.50. The van der Waals surface area contributed by atoms with Crippen molar-refractivity contribution in [2.24, 2.45) is 0 Å². The zero-order valence-electron chi connectivity index (χ0n) is 12.3. The van der Waals surface area contributed by atoms with Crippen molar-refractivity contribution < 1.29 is 9.90 Å². The molecule has 0 aliphatic rings. The van der Waals surface area contributed by atoms with E-state index in [9.17, 15) is 9.90 Å². The number of aromatic carboxylic acids is 1. The largest absolute Gasteiger partial charge is 0.478 e. The van der Waals surface area contributed by atoms with Gasteiger partial charge < -0.3 is 10.4 Å². The van der Waals surface area contributed by atoms with Gasteiger partial charge in [0.15, 0.2) is 5.82 Å². The molecule has 2 heterocycles. The van der Waals surface area contributed by atoms with Crippen LogP contribution in [0.2, 0.25) is 0 Å². The Bertz CT molecular complexity index is 671. The van der Waals surface area contributed by atoms with Crippen LogP contribution in [0.1, 0.15) is 39.8 Å². The fraction of sp³-hybridized carbons (Fsp3) is 0.333. The Kier molecular flexibility index (Phi) is 4.47. The molecular formula is C15H18N4O2. The van der Waals surface area contributed by atoms with E-state index in [-0.39, 0.29) is 11.4 Å². The fourth-order valence-corrected chi connectivity index (χ4v) is 2.11. The van der Waals surface area contributed by atoms with Crippen LogP contribution in [0, 0.1) is 13.8 Å². The molecule has 0 saturated carbocycles. The van der Waals surface area contributed by atoms with E-state index in [0.29, 0.717) is 17.8 Å². The number of pyridine rings is 1. The van der Waals surface area contributed by atoms with E-state index in [2.05, 4.69) is 27.4 Å². The molecule has 0 saturated heterocycles. The van der Waals surface area contributed by atoms with Crippen molar-refractivity contribution >= 4 is 11.8 Å². The number of carbonyl (C=O) groups is 1. The predicted molar refractivity (Wildman–Crippen MR) is 79.4 cm³/mol. The van der Waals surface area contributed by atoms with Gasteiger partial charge in [-0.2, -0.15) is 5.10 Å². The number of hydrogen-bond donors (Lipinski definition) is 2. The summed E-state index contributed by atoms with van der Waals surface area (Å²) in [7, 11) is 0. The van der Waals surface area contributed by atoms with Crippen LogP contribution in [0.25, 0.3) is 0 Å². The number of nitrogens with one attached hydrogen (secondary N) is 1. The van der Waals surface area contributed by atoms with Crippen molar-refractivity contribution in [3.63, 3.8) is 0 Å². The van der Waals surface area contributed by atoms with Crippen molar-refractivity contribution in [2.45, 2.75) is 33.7 Å². The zero-order chi connectivity index (χ0) is 15.4. The second-order valence-electron chi connectivity index (χ2n) is 4.76. The van der Waals surface area contributed by atoms with Crippen molar-refractivity contribution in [1.29, 1.82) is 0 Å². The van der Waals surface area contributed by atoms with E-state index in [1.54, 1.807) is 20.0 Å². The van der Waals surface area contributed by atoms with Crippen LogP contribution in [0.3, 0.4) is 0 Å². The molecule has 0 unspecified atom stereocenters. The van der Waals surface area contributed by atoms with Crippen molar-refractivity contribution in [3.8, 4) is 0 Å². The Morgan fingerprint density at radius 2 is 2.10 bits per heavy atom. The van der Waals surface area contributed by atoms with E-state index < -0.39 is 5.97 Å². The van der Waals surface area contributed by atoms with Crippen LogP contribution in [0.15, 0.2) is 18.3 Å². The molecule has 0 amide bonds. The summed E-state index contributed by atoms with van der Waals surface area (Å²) in [6.45, 7) is 5.95. The van der Waals surface area contributed by atoms with Gasteiger partial charge in [-0.3, -0.25) is 4.98 Å². The quantitative estimate of drug-likeness (QED) is 0.877. The maximum Gasteiger partial charge on any atom is 0.339 e. The Morgan fingerprint density at radius 1 is 1.33 bits per heavy atom. The van der Waals surface area contributed by atoms with Crippen LogP contribution in [-0.4, -0.2) is 26.3 Å². The van der Waals surface area contributed by atoms with E-state index in [1.165, 1.54) is 0 Å². The lowest BCUT2D eigenvalue weighted by Gasteiger charge is -2.12. The molecule has 2 N–H and O–H groups in total. The summed E-state index contributed by atoms with van der Waals surface area (Å²) < 4.78 is 0. The lowest BCUT2D eigenvalue weighted by Crippen LogP contribution is -2.14. The smallest absolute Gasteiger partial charge is 0.339 e. The van der Waals surface area contributed by atoms with Gasteiger partial charge in [-0.25, -0.2) is 4.79 Å². The summed E-state index contributed by atoms with van der Waals surface area (Å²) >= 11 is 0. The van der Waals surface area contributed by atoms with Gasteiger partial charge in [-0.1, -0.05) is 13.0 Å². The van der Waals surface area contributed by atoms with Crippen molar-refractivity contribution in [2.75, 3.05) is 5.32 Å². The van der Waals surface area contributed by atoms with Gasteiger partial charge in [0.05, 0.1) is 17.9 Å². The number of rotatable bonds is 5. The molecule has 0 fully saturated rings. The van der Waals surface area contributed by atoms with E-state index >= 15 is 0 Å². The van der Waals surface area contributed by atoms with Crippen molar-refractivity contribution in [3.05, 3.63) is 46.4 Å². The van der Waals surface area contributed by atoms with Crippen LogP contribution in [-0.2, 0) is 13.0 Å². The minimum absolute atomic E-state index is 0.163. The first-order valence-electron chi connectivity index (χ1n) is 6.78. The summed E-state index contributed by atoms with van der Waals surface area (Å²) in [5, 5.41) is 20.3. The van der Waals surface area contributed by atoms with Gasteiger partial charge in [0.1, 0.15) is 5.56 Å². The number of carboxylic acid groups (broad SMARTS) is 1. The minimum atomic E-state index is -1.01. The Morgan fingerprint density at radius 3 is 2.76 bits per heavy atom. The van der Waals surface area contributed by atoms with Crippen LogP contribution < -0.4 is 5.32 Å². The lowest BCUT2D eigenvalue weighted by molar-refractivity contribution is 0.0696. The molecule has 2 aromatic heterocycles. The molecule has 0 aromatic carbocycles. The third kappa shape index (κ3) is 3.16. The highest BCUT2D eigenvalue weighted by atomic mass is 16.4. The summed E-state index contributed by atoms with van der Waals surface area (Å²) in [6.07, 6.45) is 2.59. The van der Waals surface area contributed by atoms with E-state index in [4.69, 9.17) is 0 Å². The first-order valence-corrected chi connectivity index (χ1v) is 6.78. The number of aromatic nitrogens is 3. The molecule has 0 atom stereocenters. The number of hydrogen-bond acceptors (Lipinski definition) is 5. The van der Waals surface area contributed by atoms with Gasteiger partial charge in [0.25, 0.3) is 0 Å². The first kappa shape index (κ1) is 14.9. The van der Waals surface area contributed by atoms with Gasteiger partial charge in [0, 0.05) is 6.20 Å². The predicted octanol–water partition coefficient (Wildman–Crippen LogP) is 2.36. The van der Waals surface area contributed by atoms with Gasteiger partial charge in [-0.15, -0.1) is 5.10 Å². The third-order valence-electron chi connectivity index (χ3n) is 3.46. The molecule has 0 aliphatic heterocycles. The van der Waals surface area contributed by atoms with Gasteiger partial charge in [0.2, 0.25) is 0 Å². The maximum absolute atomic E-state index is 11.4. The normalized spacial score (nSPS) is 10.4. The van der Waals surface area contributed by atoms with E-state index in [0.717, 1.165) is 17.7 Å². The van der Waals surface area contributed by atoms with E-state index in [1.807, 2.05) is 12.1 Å². The van der Waals surface area contributed by atoms with Crippen LogP contribution in [0.5, 0.6) is 0 Å². The molecule has 6 heteroatoms. The lowest BCUT2D eigenvalue weighted by atomic mass is 10.1. The second kappa shape index (κ2) is 6.30. The average molecular weight is 286 g/mol. The molecule has 0 bridgehead atoms. The summed E-state index contributed by atoms with van der Waals surface area (Å²) in [4.78, 5) is 15.7. The number of aryl methyl sites for hydroxylation is 2. The first-order chi connectivity index (χ1) is 10.0. The Balaban J connectivity index is 2.28. The topological polar surface area (TPSA) is 88.0 Å². The molecule has 110 valence electrons. The molecule has 6 nitrogen and oxygen atoms in total. The highest BCUT2D eigenvalue weighted by molar-refractivity contribution is 5.94. The van der Waals surface area contributed by atoms with Gasteiger partial charge >= 0.3 is 5.97 Å². The highest BCUT2D eigenvalue weighted by Crippen LogP contribution is 2.19. The third-order valence-corrected chi connectivity index (χ3v) is 3.46. The van der Waals surface area contributed by atoms with Crippen LogP contribution in [0.4, 0.5) is 5.82 Å². The summed E-state index contributed by atoms with van der Waals surface area (Å²) in [5.41, 5.74) is 3.41. The Labute approximate surface area is 123 Å². The SMILES string of the molecule is CCc1cccnc1CNc1nnc(C)c(C)c1C(=O)O.